The van der Waals surface area contributed by atoms with Crippen LogP contribution in [0.15, 0.2) is 18.2 Å². The number of likely N-dealkylation sites (tertiary alicyclic amines) is 1. The van der Waals surface area contributed by atoms with E-state index in [1.165, 1.54) is 6.07 Å². The number of carboxylic acid groups (broad SMARTS) is 1. The smallest absolute Gasteiger partial charge is 0.407 e. The molecule has 2 rings (SSSR count). The van der Waals surface area contributed by atoms with Crippen LogP contribution >= 0.6 is 0 Å². The number of β-amino-alcohol motifs (C(OH)–C–C–N with tert-alkyl or cyclic N) is 1. The van der Waals surface area contributed by atoms with Crippen LogP contribution in [0.1, 0.15) is 5.56 Å². The molecule has 1 saturated heterocycles. The van der Waals surface area contributed by atoms with Gasteiger partial charge in [0.15, 0.2) is 11.6 Å². The molecule has 1 aromatic carbocycles. The highest BCUT2D eigenvalue weighted by molar-refractivity contribution is 5.67. The summed E-state index contributed by atoms with van der Waals surface area (Å²) < 4.78 is 25.6. The van der Waals surface area contributed by atoms with Crippen molar-refractivity contribution < 1.29 is 23.8 Å². The molecule has 86 valence electrons. The number of carbonyl (C=O) groups is 1. The first-order valence-electron chi connectivity index (χ1n) is 4.58. The molecule has 4 nitrogen and oxygen atoms in total. The van der Waals surface area contributed by atoms with Gasteiger partial charge < -0.3 is 15.1 Å². The zero-order valence-electron chi connectivity index (χ0n) is 8.15. The van der Waals surface area contributed by atoms with Crippen LogP contribution in [0, 0.1) is 11.6 Å². The largest absolute Gasteiger partial charge is 0.465 e. The predicted molar refractivity (Wildman–Crippen MR) is 49.9 cm³/mol. The van der Waals surface area contributed by atoms with E-state index < -0.39 is 23.3 Å². The second kappa shape index (κ2) is 3.41. The van der Waals surface area contributed by atoms with Crippen molar-refractivity contribution in [3.63, 3.8) is 0 Å². The number of benzene rings is 1. The van der Waals surface area contributed by atoms with Crippen molar-refractivity contribution >= 4 is 6.09 Å². The molecule has 0 unspecified atom stereocenters. The molecule has 16 heavy (non-hydrogen) atoms. The van der Waals surface area contributed by atoms with Gasteiger partial charge in [-0.15, -0.1) is 0 Å². The molecule has 0 radical (unpaired) electrons. The minimum absolute atomic E-state index is 0.132. The van der Waals surface area contributed by atoms with Gasteiger partial charge in [-0.2, -0.15) is 0 Å². The summed E-state index contributed by atoms with van der Waals surface area (Å²) in [4.78, 5) is 11.5. The molecular weight excluding hydrogens is 220 g/mol. The van der Waals surface area contributed by atoms with E-state index >= 15 is 0 Å². The third-order valence-electron chi connectivity index (χ3n) is 2.63. The lowest BCUT2D eigenvalue weighted by molar-refractivity contribution is -0.0900. The lowest BCUT2D eigenvalue weighted by atomic mass is 9.86. The SMILES string of the molecule is O=C(O)N1CC(O)(c2ccc(F)c(F)c2)C1. The number of halogens is 2. The Morgan fingerprint density at radius 3 is 2.44 bits per heavy atom. The molecule has 1 aliphatic rings. The summed E-state index contributed by atoms with van der Waals surface area (Å²) in [6.45, 7) is -0.263. The van der Waals surface area contributed by atoms with Gasteiger partial charge in [-0.05, 0) is 17.7 Å². The van der Waals surface area contributed by atoms with Gasteiger partial charge in [0.2, 0.25) is 0 Å². The quantitative estimate of drug-likeness (QED) is 0.759. The molecule has 6 heteroatoms. The van der Waals surface area contributed by atoms with Crippen LogP contribution in [0.4, 0.5) is 13.6 Å². The zero-order chi connectivity index (χ0) is 11.9. The molecule has 0 bridgehead atoms. The minimum atomic E-state index is -1.41. The Bertz CT molecular complexity index is 444. The second-order valence-electron chi connectivity index (χ2n) is 3.80. The topological polar surface area (TPSA) is 60.8 Å². The Kier molecular flexibility index (Phi) is 2.31. The molecule has 0 spiro atoms. The van der Waals surface area contributed by atoms with Gasteiger partial charge in [0.25, 0.3) is 0 Å². The van der Waals surface area contributed by atoms with Crippen molar-refractivity contribution in [1.82, 2.24) is 4.90 Å². The normalized spacial score (nSPS) is 18.1. The van der Waals surface area contributed by atoms with Gasteiger partial charge in [-0.1, -0.05) is 6.07 Å². The fraction of sp³-hybridized carbons (Fsp3) is 0.300. The third-order valence-corrected chi connectivity index (χ3v) is 2.63. The van der Waals surface area contributed by atoms with Gasteiger partial charge in [-0.3, -0.25) is 0 Å². The molecule has 1 aliphatic heterocycles. The molecule has 0 atom stereocenters. The van der Waals surface area contributed by atoms with E-state index in [1.807, 2.05) is 0 Å². The number of hydrogen-bond acceptors (Lipinski definition) is 2. The van der Waals surface area contributed by atoms with Crippen LogP contribution in [-0.2, 0) is 5.60 Å². The molecule has 2 N–H and O–H groups in total. The highest BCUT2D eigenvalue weighted by atomic mass is 19.2. The zero-order valence-corrected chi connectivity index (χ0v) is 8.15. The Morgan fingerprint density at radius 1 is 1.31 bits per heavy atom. The van der Waals surface area contributed by atoms with Crippen LogP contribution < -0.4 is 0 Å². The van der Waals surface area contributed by atoms with Crippen LogP contribution in [0.3, 0.4) is 0 Å². The number of aliphatic hydroxyl groups is 1. The standard InChI is InChI=1S/C10H9F2NO3/c11-7-2-1-6(3-8(7)12)10(16)4-13(5-10)9(14)15/h1-3,16H,4-5H2,(H,14,15). The van der Waals surface area contributed by atoms with E-state index in [0.717, 1.165) is 17.0 Å². The van der Waals surface area contributed by atoms with E-state index in [1.54, 1.807) is 0 Å². The fourth-order valence-corrected chi connectivity index (χ4v) is 1.69. The fourth-order valence-electron chi connectivity index (χ4n) is 1.69. The van der Waals surface area contributed by atoms with Crippen LogP contribution in [0.25, 0.3) is 0 Å². The molecule has 0 aliphatic carbocycles. The van der Waals surface area contributed by atoms with Crippen molar-refractivity contribution in [1.29, 1.82) is 0 Å². The maximum Gasteiger partial charge on any atom is 0.407 e. The molecule has 1 aromatic rings. The Hall–Kier alpha value is -1.69. The van der Waals surface area contributed by atoms with E-state index in [9.17, 15) is 18.7 Å². The minimum Gasteiger partial charge on any atom is -0.465 e. The van der Waals surface area contributed by atoms with E-state index in [4.69, 9.17) is 5.11 Å². The number of rotatable bonds is 1. The molecule has 0 aromatic heterocycles. The first kappa shape index (κ1) is 10.8. The van der Waals surface area contributed by atoms with Crippen molar-refractivity contribution in [2.75, 3.05) is 13.1 Å². The summed E-state index contributed by atoms with van der Waals surface area (Å²) in [6.07, 6.45) is -1.15. The first-order valence-corrected chi connectivity index (χ1v) is 4.58. The lowest BCUT2D eigenvalue weighted by Crippen LogP contribution is -2.60. The highest BCUT2D eigenvalue weighted by Gasteiger charge is 2.45. The van der Waals surface area contributed by atoms with Crippen molar-refractivity contribution in [3.8, 4) is 0 Å². The second-order valence-corrected chi connectivity index (χ2v) is 3.80. The van der Waals surface area contributed by atoms with Gasteiger partial charge in [0.05, 0.1) is 13.1 Å². The van der Waals surface area contributed by atoms with Gasteiger partial charge in [0, 0.05) is 0 Å². The number of nitrogens with zero attached hydrogens (tertiary/aromatic N) is 1. The van der Waals surface area contributed by atoms with Crippen molar-refractivity contribution in [2.45, 2.75) is 5.60 Å². The lowest BCUT2D eigenvalue weighted by Gasteiger charge is -2.45. The molecule has 1 amide bonds. The third kappa shape index (κ3) is 1.61. The van der Waals surface area contributed by atoms with Gasteiger partial charge in [-0.25, -0.2) is 13.6 Å². The van der Waals surface area contributed by atoms with E-state index in [2.05, 4.69) is 0 Å². The van der Waals surface area contributed by atoms with E-state index in [-0.39, 0.29) is 18.7 Å². The Labute approximate surface area is 89.7 Å². The Balaban J connectivity index is 2.20. The monoisotopic (exact) mass is 229 g/mol. The molecule has 1 heterocycles. The maximum atomic E-state index is 12.9. The summed E-state index contributed by atoms with van der Waals surface area (Å²) in [5.41, 5.74) is -1.23. The molecule has 0 saturated carbocycles. The van der Waals surface area contributed by atoms with Crippen LogP contribution in [0.5, 0.6) is 0 Å². The van der Waals surface area contributed by atoms with Crippen molar-refractivity contribution in [3.05, 3.63) is 35.4 Å². The average Bonchev–Trinajstić information content (AvgIpc) is 2.17. The number of amides is 1. The van der Waals surface area contributed by atoms with E-state index in [0.29, 0.717) is 0 Å². The predicted octanol–water partition coefficient (Wildman–Crippen LogP) is 1.15. The average molecular weight is 229 g/mol. The summed E-state index contributed by atoms with van der Waals surface area (Å²) >= 11 is 0. The summed E-state index contributed by atoms with van der Waals surface area (Å²) in [7, 11) is 0. The number of hydrogen-bond donors (Lipinski definition) is 2. The van der Waals surface area contributed by atoms with Crippen molar-refractivity contribution in [2.24, 2.45) is 0 Å². The maximum absolute atomic E-state index is 12.9. The summed E-state index contributed by atoms with van der Waals surface area (Å²) in [5.74, 6) is -2.05. The Morgan fingerprint density at radius 2 is 1.94 bits per heavy atom. The van der Waals surface area contributed by atoms with Crippen LogP contribution in [-0.4, -0.2) is 34.3 Å². The summed E-state index contributed by atoms with van der Waals surface area (Å²) in [6, 6.07) is 3.04. The van der Waals surface area contributed by atoms with Gasteiger partial charge >= 0.3 is 6.09 Å². The van der Waals surface area contributed by atoms with Gasteiger partial charge in [0.1, 0.15) is 5.60 Å². The molecular formula is C10H9F2NO3. The summed E-state index contributed by atoms with van der Waals surface area (Å²) in [5, 5.41) is 18.5. The highest BCUT2D eigenvalue weighted by Crippen LogP contribution is 2.32. The first-order chi connectivity index (χ1) is 7.42. The molecule has 1 fully saturated rings. The van der Waals surface area contributed by atoms with Crippen LogP contribution in [0.2, 0.25) is 0 Å².